The van der Waals surface area contributed by atoms with Crippen molar-refractivity contribution >= 4 is 5.97 Å². The average Bonchev–Trinajstić information content (AvgIpc) is 2.57. The van der Waals surface area contributed by atoms with Crippen LogP contribution in [0.15, 0.2) is 60.3 Å². The third-order valence-corrected chi connectivity index (χ3v) is 3.78. The van der Waals surface area contributed by atoms with Gasteiger partial charge in [-0.25, -0.2) is 13.6 Å². The monoisotopic (exact) mass is 373 g/mol. The van der Waals surface area contributed by atoms with E-state index in [2.05, 4.69) is 5.32 Å². The molecule has 0 aromatic heterocycles. The standard InChI is InChI=1S/C22H25F2NO2/c1-15(17-8-6-5-7-9-17)25-18(14-21(26)27-22(2,3)4)12-16-10-11-19(23)20(24)13-16/h5-11,13-15,25H,12H2,1-4H3/b18-14-/t15-/m1/s1. The summed E-state index contributed by atoms with van der Waals surface area (Å²) in [6.45, 7) is 7.32. The topological polar surface area (TPSA) is 38.3 Å². The van der Waals surface area contributed by atoms with Crippen LogP contribution in [0.3, 0.4) is 0 Å². The Kier molecular flexibility index (Phi) is 6.72. The lowest BCUT2D eigenvalue weighted by Gasteiger charge is -2.21. The number of benzene rings is 2. The molecular weight excluding hydrogens is 348 g/mol. The number of carbonyl (C=O) groups is 1. The van der Waals surface area contributed by atoms with Crippen LogP contribution in [0.5, 0.6) is 0 Å². The minimum Gasteiger partial charge on any atom is -0.457 e. The molecule has 1 N–H and O–H groups in total. The lowest BCUT2D eigenvalue weighted by Crippen LogP contribution is -2.25. The highest BCUT2D eigenvalue weighted by Crippen LogP contribution is 2.18. The zero-order chi connectivity index (χ0) is 20.0. The van der Waals surface area contributed by atoms with E-state index in [9.17, 15) is 13.6 Å². The van der Waals surface area contributed by atoms with E-state index in [-0.39, 0.29) is 12.5 Å². The quantitative estimate of drug-likeness (QED) is 0.567. The number of nitrogens with one attached hydrogen (secondary N) is 1. The summed E-state index contributed by atoms with van der Waals surface area (Å²) in [4.78, 5) is 12.2. The molecule has 0 aliphatic rings. The fourth-order valence-electron chi connectivity index (χ4n) is 2.59. The van der Waals surface area contributed by atoms with Gasteiger partial charge in [-0.15, -0.1) is 0 Å². The number of halogens is 2. The van der Waals surface area contributed by atoms with Crippen molar-refractivity contribution in [3.8, 4) is 0 Å². The molecule has 144 valence electrons. The van der Waals surface area contributed by atoms with Gasteiger partial charge in [-0.3, -0.25) is 0 Å². The summed E-state index contributed by atoms with van der Waals surface area (Å²) in [6, 6.07) is 13.4. The van der Waals surface area contributed by atoms with Crippen molar-refractivity contribution in [2.45, 2.75) is 45.8 Å². The highest BCUT2D eigenvalue weighted by molar-refractivity contribution is 5.83. The second-order valence-corrected chi connectivity index (χ2v) is 7.40. The zero-order valence-corrected chi connectivity index (χ0v) is 16.1. The Morgan fingerprint density at radius 1 is 1.11 bits per heavy atom. The van der Waals surface area contributed by atoms with E-state index in [1.165, 1.54) is 12.1 Å². The maximum absolute atomic E-state index is 13.5. The normalized spacial score (nSPS) is 13.2. The Morgan fingerprint density at radius 2 is 1.78 bits per heavy atom. The molecule has 3 nitrogen and oxygen atoms in total. The second-order valence-electron chi connectivity index (χ2n) is 7.40. The van der Waals surface area contributed by atoms with Gasteiger partial charge in [-0.1, -0.05) is 36.4 Å². The Balaban J connectivity index is 2.24. The number of allylic oxidation sites excluding steroid dienone is 1. The van der Waals surface area contributed by atoms with E-state index in [4.69, 9.17) is 4.74 Å². The number of carbonyl (C=O) groups excluding carboxylic acids is 1. The number of hydrogen-bond acceptors (Lipinski definition) is 3. The van der Waals surface area contributed by atoms with Gasteiger partial charge in [0.1, 0.15) is 5.60 Å². The second kappa shape index (κ2) is 8.80. The maximum Gasteiger partial charge on any atom is 0.333 e. The van der Waals surface area contributed by atoms with Crippen LogP contribution >= 0.6 is 0 Å². The molecule has 0 saturated heterocycles. The molecule has 2 aromatic carbocycles. The van der Waals surface area contributed by atoms with Gasteiger partial charge in [0.05, 0.1) is 0 Å². The molecule has 5 heteroatoms. The van der Waals surface area contributed by atoms with Crippen LogP contribution in [0.25, 0.3) is 0 Å². The first kappa shape index (κ1) is 20.6. The zero-order valence-electron chi connectivity index (χ0n) is 16.1. The molecule has 27 heavy (non-hydrogen) atoms. The first-order chi connectivity index (χ1) is 12.6. The van der Waals surface area contributed by atoms with Gasteiger partial charge in [0, 0.05) is 24.2 Å². The molecule has 0 radical (unpaired) electrons. The third kappa shape index (κ3) is 6.85. The highest BCUT2D eigenvalue weighted by atomic mass is 19.2. The summed E-state index contributed by atoms with van der Waals surface area (Å²) in [6.07, 6.45) is 1.61. The minimum atomic E-state index is -0.916. The van der Waals surface area contributed by atoms with E-state index in [0.717, 1.165) is 17.7 Å². The molecule has 0 spiro atoms. The van der Waals surface area contributed by atoms with Crippen LogP contribution in [-0.2, 0) is 16.0 Å². The Bertz CT molecular complexity index is 811. The molecule has 0 fully saturated rings. The van der Waals surface area contributed by atoms with Crippen LogP contribution < -0.4 is 5.32 Å². The summed E-state index contributed by atoms with van der Waals surface area (Å²) in [5.74, 6) is -2.31. The van der Waals surface area contributed by atoms with Crippen molar-refractivity contribution in [1.82, 2.24) is 5.32 Å². The lowest BCUT2D eigenvalue weighted by molar-refractivity contribution is -0.148. The van der Waals surface area contributed by atoms with Crippen LogP contribution in [0, 0.1) is 11.6 Å². The predicted molar refractivity (Wildman–Crippen MR) is 102 cm³/mol. The van der Waals surface area contributed by atoms with E-state index < -0.39 is 23.2 Å². The smallest absolute Gasteiger partial charge is 0.333 e. The van der Waals surface area contributed by atoms with Gasteiger partial charge in [0.2, 0.25) is 0 Å². The summed E-state index contributed by atoms with van der Waals surface area (Å²) in [7, 11) is 0. The van der Waals surface area contributed by atoms with Gasteiger partial charge in [0.15, 0.2) is 11.6 Å². The lowest BCUT2D eigenvalue weighted by atomic mass is 10.1. The molecule has 2 aromatic rings. The molecule has 0 saturated carbocycles. The van der Waals surface area contributed by atoms with Crippen LogP contribution in [0.2, 0.25) is 0 Å². The molecule has 0 heterocycles. The van der Waals surface area contributed by atoms with Crippen LogP contribution in [-0.4, -0.2) is 11.6 Å². The SMILES string of the molecule is C[C@@H](N/C(=C\C(=O)OC(C)(C)C)Cc1ccc(F)c(F)c1)c1ccccc1. The number of rotatable bonds is 6. The number of hydrogen-bond donors (Lipinski definition) is 1. The van der Waals surface area contributed by atoms with Crippen molar-refractivity contribution in [3.63, 3.8) is 0 Å². The van der Waals surface area contributed by atoms with Crippen molar-refractivity contribution in [3.05, 3.63) is 83.1 Å². The molecule has 0 amide bonds. The molecule has 1 atom stereocenters. The number of ether oxygens (including phenoxy) is 1. The Hall–Kier alpha value is -2.69. The molecule has 0 aliphatic heterocycles. The van der Waals surface area contributed by atoms with Crippen molar-refractivity contribution in [2.24, 2.45) is 0 Å². The minimum absolute atomic E-state index is 0.0785. The van der Waals surface area contributed by atoms with E-state index in [1.54, 1.807) is 20.8 Å². The van der Waals surface area contributed by atoms with Crippen LogP contribution in [0.4, 0.5) is 8.78 Å². The van der Waals surface area contributed by atoms with Crippen molar-refractivity contribution < 1.29 is 18.3 Å². The van der Waals surface area contributed by atoms with Gasteiger partial charge in [-0.2, -0.15) is 0 Å². The fourth-order valence-corrected chi connectivity index (χ4v) is 2.59. The third-order valence-electron chi connectivity index (χ3n) is 3.78. The Labute approximate surface area is 159 Å². The predicted octanol–water partition coefficient (Wildman–Crippen LogP) is 5.08. The van der Waals surface area contributed by atoms with Crippen LogP contribution in [0.1, 0.15) is 44.9 Å². The molecule has 2 rings (SSSR count). The van der Waals surface area contributed by atoms with Gasteiger partial charge >= 0.3 is 5.97 Å². The van der Waals surface area contributed by atoms with Gasteiger partial charge in [-0.05, 0) is 51.0 Å². The van der Waals surface area contributed by atoms with E-state index >= 15 is 0 Å². The molecular formula is C22H25F2NO2. The van der Waals surface area contributed by atoms with E-state index in [1.807, 2.05) is 37.3 Å². The summed E-state index contributed by atoms with van der Waals surface area (Å²) >= 11 is 0. The summed E-state index contributed by atoms with van der Waals surface area (Å²) in [5, 5.41) is 3.28. The van der Waals surface area contributed by atoms with Crippen molar-refractivity contribution in [2.75, 3.05) is 0 Å². The summed E-state index contributed by atoms with van der Waals surface area (Å²) < 4.78 is 32.1. The molecule has 0 aliphatic carbocycles. The first-order valence-corrected chi connectivity index (χ1v) is 8.83. The largest absolute Gasteiger partial charge is 0.457 e. The van der Waals surface area contributed by atoms with Crippen molar-refractivity contribution in [1.29, 1.82) is 0 Å². The Morgan fingerprint density at radius 3 is 2.37 bits per heavy atom. The van der Waals surface area contributed by atoms with Gasteiger partial charge < -0.3 is 10.1 Å². The average molecular weight is 373 g/mol. The highest BCUT2D eigenvalue weighted by Gasteiger charge is 2.16. The van der Waals surface area contributed by atoms with Gasteiger partial charge in [0.25, 0.3) is 0 Å². The van der Waals surface area contributed by atoms with E-state index in [0.29, 0.717) is 11.3 Å². The first-order valence-electron chi connectivity index (χ1n) is 8.83. The summed E-state index contributed by atoms with van der Waals surface area (Å²) in [5.41, 5.74) is 1.53. The number of esters is 1. The fraction of sp³-hybridized carbons (Fsp3) is 0.318. The molecule has 0 bridgehead atoms. The maximum atomic E-state index is 13.5. The molecule has 0 unspecified atom stereocenters.